The molecule has 17 heavy (non-hydrogen) atoms. The Kier molecular flexibility index (Phi) is 2.37. The molecule has 0 bridgehead atoms. The quantitative estimate of drug-likeness (QED) is 0.631. The van der Waals surface area contributed by atoms with Gasteiger partial charge < -0.3 is 0 Å². The van der Waals surface area contributed by atoms with E-state index in [0.29, 0.717) is 0 Å². The standard InChI is InChI=1S/C14H11ClN2/c1-10-2-7-14-11(8-10)9-17(16-14)13-5-3-12(15)4-6-13/h2-9H,1H3. The van der Waals surface area contributed by atoms with E-state index in [4.69, 9.17) is 11.6 Å². The number of aryl methyl sites for hydroxylation is 1. The predicted molar refractivity (Wildman–Crippen MR) is 70.8 cm³/mol. The molecule has 0 radical (unpaired) electrons. The van der Waals surface area contributed by atoms with Crippen molar-refractivity contribution in [2.75, 3.05) is 0 Å². The van der Waals surface area contributed by atoms with Gasteiger partial charge in [0.1, 0.15) is 0 Å². The summed E-state index contributed by atoms with van der Waals surface area (Å²) in [6.07, 6.45) is 2.03. The van der Waals surface area contributed by atoms with Crippen molar-refractivity contribution < 1.29 is 0 Å². The minimum absolute atomic E-state index is 0.737. The fourth-order valence-corrected chi connectivity index (χ4v) is 2.00. The van der Waals surface area contributed by atoms with Crippen molar-refractivity contribution in [1.29, 1.82) is 0 Å². The lowest BCUT2D eigenvalue weighted by atomic mass is 10.2. The lowest BCUT2D eigenvalue weighted by Gasteiger charge is -1.99. The molecule has 0 atom stereocenters. The van der Waals surface area contributed by atoms with Crippen molar-refractivity contribution in [2.24, 2.45) is 0 Å². The first-order valence-corrected chi connectivity index (χ1v) is 5.82. The van der Waals surface area contributed by atoms with Gasteiger partial charge >= 0.3 is 0 Å². The second kappa shape index (κ2) is 3.90. The van der Waals surface area contributed by atoms with Crippen molar-refractivity contribution >= 4 is 22.5 Å². The van der Waals surface area contributed by atoms with E-state index in [9.17, 15) is 0 Å². The summed E-state index contributed by atoms with van der Waals surface area (Å²) in [4.78, 5) is 0. The van der Waals surface area contributed by atoms with E-state index in [0.717, 1.165) is 21.6 Å². The van der Waals surface area contributed by atoms with Gasteiger partial charge in [0.2, 0.25) is 0 Å². The maximum absolute atomic E-state index is 5.87. The van der Waals surface area contributed by atoms with E-state index in [2.05, 4.69) is 24.2 Å². The fraction of sp³-hybridized carbons (Fsp3) is 0.0714. The lowest BCUT2D eigenvalue weighted by Crippen LogP contribution is -1.92. The van der Waals surface area contributed by atoms with Crippen LogP contribution in [0.15, 0.2) is 48.7 Å². The lowest BCUT2D eigenvalue weighted by molar-refractivity contribution is 0.896. The Morgan fingerprint density at radius 2 is 1.82 bits per heavy atom. The van der Waals surface area contributed by atoms with E-state index in [1.54, 1.807) is 0 Å². The van der Waals surface area contributed by atoms with Crippen LogP contribution in [0.5, 0.6) is 0 Å². The van der Waals surface area contributed by atoms with Gasteiger partial charge in [0.15, 0.2) is 0 Å². The SMILES string of the molecule is Cc1ccc2nn(-c3ccc(Cl)cc3)cc2c1. The van der Waals surface area contributed by atoms with Crippen molar-refractivity contribution in [3.05, 3.63) is 59.2 Å². The van der Waals surface area contributed by atoms with E-state index >= 15 is 0 Å². The molecule has 0 fully saturated rings. The fourth-order valence-electron chi connectivity index (χ4n) is 1.87. The number of aromatic nitrogens is 2. The summed E-state index contributed by atoms with van der Waals surface area (Å²) in [5.41, 5.74) is 3.27. The highest BCUT2D eigenvalue weighted by Gasteiger charge is 2.02. The maximum atomic E-state index is 5.87. The van der Waals surface area contributed by atoms with Crippen molar-refractivity contribution in [3.63, 3.8) is 0 Å². The van der Waals surface area contributed by atoms with Gasteiger partial charge in [-0.05, 0) is 43.3 Å². The molecule has 0 spiro atoms. The Hall–Kier alpha value is -1.80. The van der Waals surface area contributed by atoms with Gasteiger partial charge in [-0.25, -0.2) is 4.68 Å². The molecule has 0 N–H and O–H groups in total. The highest BCUT2D eigenvalue weighted by molar-refractivity contribution is 6.30. The number of hydrogen-bond acceptors (Lipinski definition) is 1. The van der Waals surface area contributed by atoms with Gasteiger partial charge in [-0.3, -0.25) is 0 Å². The molecule has 1 aromatic heterocycles. The van der Waals surface area contributed by atoms with Crippen LogP contribution >= 0.6 is 11.6 Å². The molecule has 1 heterocycles. The molecule has 0 amide bonds. The molecule has 3 heteroatoms. The number of nitrogens with zero attached hydrogens (tertiary/aromatic N) is 2. The van der Waals surface area contributed by atoms with Gasteiger partial charge in [0.25, 0.3) is 0 Å². The van der Waals surface area contributed by atoms with Crippen LogP contribution in [0.25, 0.3) is 16.6 Å². The molecule has 0 saturated heterocycles. The van der Waals surface area contributed by atoms with Crippen LogP contribution in [0.4, 0.5) is 0 Å². The molecule has 84 valence electrons. The zero-order valence-electron chi connectivity index (χ0n) is 9.39. The van der Waals surface area contributed by atoms with E-state index < -0.39 is 0 Å². The van der Waals surface area contributed by atoms with Crippen LogP contribution in [0.2, 0.25) is 5.02 Å². The molecule has 0 unspecified atom stereocenters. The van der Waals surface area contributed by atoms with Crippen molar-refractivity contribution in [3.8, 4) is 5.69 Å². The molecule has 2 aromatic carbocycles. The summed E-state index contributed by atoms with van der Waals surface area (Å²) >= 11 is 5.87. The highest BCUT2D eigenvalue weighted by atomic mass is 35.5. The maximum Gasteiger partial charge on any atom is 0.0927 e. The van der Waals surface area contributed by atoms with Crippen LogP contribution in [0, 0.1) is 6.92 Å². The van der Waals surface area contributed by atoms with Gasteiger partial charge in [-0.1, -0.05) is 23.2 Å². The Morgan fingerprint density at radius 1 is 1.06 bits per heavy atom. The van der Waals surface area contributed by atoms with E-state index in [1.165, 1.54) is 5.56 Å². The van der Waals surface area contributed by atoms with Gasteiger partial charge in [-0.15, -0.1) is 0 Å². The first-order valence-electron chi connectivity index (χ1n) is 5.44. The minimum atomic E-state index is 0.737. The average Bonchev–Trinajstić information content (AvgIpc) is 2.72. The number of benzene rings is 2. The highest BCUT2D eigenvalue weighted by Crippen LogP contribution is 2.18. The second-order valence-electron chi connectivity index (χ2n) is 4.11. The monoisotopic (exact) mass is 242 g/mol. The normalized spacial score (nSPS) is 10.9. The predicted octanol–water partition coefficient (Wildman–Crippen LogP) is 3.99. The zero-order valence-corrected chi connectivity index (χ0v) is 10.1. The topological polar surface area (TPSA) is 17.8 Å². The number of hydrogen-bond donors (Lipinski definition) is 0. The smallest absolute Gasteiger partial charge is 0.0927 e. The van der Waals surface area contributed by atoms with E-state index in [1.807, 2.05) is 41.2 Å². The molecular weight excluding hydrogens is 232 g/mol. The summed E-state index contributed by atoms with van der Waals surface area (Å²) < 4.78 is 1.88. The Balaban J connectivity index is 2.14. The second-order valence-corrected chi connectivity index (χ2v) is 4.55. The van der Waals surface area contributed by atoms with Crippen LogP contribution in [-0.2, 0) is 0 Å². The molecule has 0 aliphatic rings. The van der Waals surface area contributed by atoms with E-state index in [-0.39, 0.29) is 0 Å². The van der Waals surface area contributed by atoms with Crippen LogP contribution in [-0.4, -0.2) is 9.78 Å². The molecule has 3 aromatic rings. The van der Waals surface area contributed by atoms with Crippen LogP contribution in [0.1, 0.15) is 5.56 Å². The average molecular weight is 243 g/mol. The largest absolute Gasteiger partial charge is 0.240 e. The number of rotatable bonds is 1. The summed E-state index contributed by atoms with van der Waals surface area (Å²) in [5.74, 6) is 0. The van der Waals surface area contributed by atoms with Crippen LogP contribution in [0.3, 0.4) is 0 Å². The number of halogens is 1. The summed E-state index contributed by atoms with van der Waals surface area (Å²) in [5, 5.41) is 6.42. The van der Waals surface area contributed by atoms with Gasteiger partial charge in [-0.2, -0.15) is 5.10 Å². The molecule has 0 aliphatic carbocycles. The van der Waals surface area contributed by atoms with Gasteiger partial charge in [0.05, 0.1) is 11.2 Å². The summed E-state index contributed by atoms with van der Waals surface area (Å²) in [6, 6.07) is 13.9. The first kappa shape index (κ1) is 10.4. The zero-order chi connectivity index (χ0) is 11.8. The molecular formula is C14H11ClN2. The van der Waals surface area contributed by atoms with Crippen molar-refractivity contribution in [1.82, 2.24) is 9.78 Å². The van der Waals surface area contributed by atoms with Crippen molar-refractivity contribution in [2.45, 2.75) is 6.92 Å². The summed E-state index contributed by atoms with van der Waals surface area (Å²) in [6.45, 7) is 2.08. The third-order valence-electron chi connectivity index (χ3n) is 2.75. The minimum Gasteiger partial charge on any atom is -0.240 e. The number of fused-ring (bicyclic) bond motifs is 1. The Bertz CT molecular complexity index is 668. The van der Waals surface area contributed by atoms with Crippen LogP contribution < -0.4 is 0 Å². The molecule has 0 saturated carbocycles. The summed E-state index contributed by atoms with van der Waals surface area (Å²) in [7, 11) is 0. The molecule has 3 rings (SSSR count). The third kappa shape index (κ3) is 1.92. The first-order chi connectivity index (χ1) is 8.22. The molecule has 0 aliphatic heterocycles. The Labute approximate surface area is 104 Å². The third-order valence-corrected chi connectivity index (χ3v) is 3.00. The Morgan fingerprint density at radius 3 is 2.59 bits per heavy atom. The van der Waals surface area contributed by atoms with Gasteiger partial charge in [0, 0.05) is 16.6 Å². The molecule has 2 nitrogen and oxygen atoms in total.